The largest absolute Gasteiger partial charge is 0.367 e. The standard InChI is InChI=1S/C23H30N6O2/c1-16-17(2)24-15-29(22(16)31)14-21(30)27-10-8-26(9-11-27)18-6-7-20-25-19(23(3,4)5)13-28(20)12-18/h6-7,12-13,15H,8-11,14H2,1-5H3. The highest BCUT2D eigenvalue weighted by Gasteiger charge is 2.23. The smallest absolute Gasteiger partial charge is 0.256 e. The molecule has 3 aromatic rings. The van der Waals surface area contributed by atoms with Crippen LogP contribution in [0.25, 0.3) is 5.65 Å². The molecule has 0 N–H and O–H groups in total. The Morgan fingerprint density at radius 1 is 1.06 bits per heavy atom. The maximum atomic E-state index is 12.7. The van der Waals surface area contributed by atoms with Crippen LogP contribution in [0.4, 0.5) is 5.69 Å². The summed E-state index contributed by atoms with van der Waals surface area (Å²) in [5, 5.41) is 0. The van der Waals surface area contributed by atoms with Crippen molar-refractivity contribution in [3.05, 3.63) is 58.2 Å². The van der Waals surface area contributed by atoms with Crippen LogP contribution in [-0.4, -0.2) is 55.9 Å². The molecule has 1 fully saturated rings. The predicted molar refractivity (Wildman–Crippen MR) is 121 cm³/mol. The van der Waals surface area contributed by atoms with Gasteiger partial charge in [0.1, 0.15) is 12.2 Å². The second-order valence-corrected chi connectivity index (χ2v) is 9.28. The molecule has 0 spiro atoms. The van der Waals surface area contributed by atoms with Crippen molar-refractivity contribution in [3.63, 3.8) is 0 Å². The second kappa shape index (κ2) is 7.83. The number of carbonyl (C=O) groups excluding carboxylic acids is 1. The SMILES string of the molecule is Cc1ncn(CC(=O)N2CCN(c3ccc4nc(C(C)(C)C)cn4c3)CC2)c(=O)c1C. The van der Waals surface area contributed by atoms with Crippen molar-refractivity contribution in [2.45, 2.75) is 46.6 Å². The monoisotopic (exact) mass is 422 g/mol. The van der Waals surface area contributed by atoms with Gasteiger partial charge in [0.05, 0.1) is 17.7 Å². The van der Waals surface area contributed by atoms with Crippen LogP contribution >= 0.6 is 0 Å². The Balaban J connectivity index is 1.42. The highest BCUT2D eigenvalue weighted by Crippen LogP contribution is 2.24. The normalized spacial score (nSPS) is 15.0. The van der Waals surface area contributed by atoms with Gasteiger partial charge >= 0.3 is 0 Å². The Morgan fingerprint density at radius 3 is 2.45 bits per heavy atom. The van der Waals surface area contributed by atoms with Crippen LogP contribution in [0, 0.1) is 13.8 Å². The van der Waals surface area contributed by atoms with Crippen molar-refractivity contribution in [2.24, 2.45) is 0 Å². The fourth-order valence-electron chi connectivity index (χ4n) is 3.78. The maximum absolute atomic E-state index is 12.7. The molecule has 0 saturated carbocycles. The van der Waals surface area contributed by atoms with E-state index in [4.69, 9.17) is 4.98 Å². The number of fused-ring (bicyclic) bond motifs is 1. The zero-order valence-corrected chi connectivity index (χ0v) is 18.9. The van der Waals surface area contributed by atoms with Gasteiger partial charge in [-0.15, -0.1) is 0 Å². The number of imidazole rings is 1. The quantitative estimate of drug-likeness (QED) is 0.647. The number of anilines is 1. The van der Waals surface area contributed by atoms with Crippen molar-refractivity contribution in [1.82, 2.24) is 23.8 Å². The lowest BCUT2D eigenvalue weighted by Crippen LogP contribution is -2.50. The first-order valence-corrected chi connectivity index (χ1v) is 10.7. The summed E-state index contributed by atoms with van der Waals surface area (Å²) in [7, 11) is 0. The highest BCUT2D eigenvalue weighted by molar-refractivity contribution is 5.76. The Bertz CT molecular complexity index is 1180. The van der Waals surface area contributed by atoms with E-state index in [-0.39, 0.29) is 23.4 Å². The molecule has 0 unspecified atom stereocenters. The van der Waals surface area contributed by atoms with E-state index in [2.05, 4.69) is 53.5 Å². The molecule has 1 aliphatic heterocycles. The zero-order chi connectivity index (χ0) is 22.3. The van der Waals surface area contributed by atoms with E-state index in [1.165, 1.54) is 10.9 Å². The fourth-order valence-corrected chi connectivity index (χ4v) is 3.78. The molecule has 0 atom stereocenters. The molecule has 8 nitrogen and oxygen atoms in total. The summed E-state index contributed by atoms with van der Waals surface area (Å²) < 4.78 is 3.48. The summed E-state index contributed by atoms with van der Waals surface area (Å²) in [6, 6.07) is 4.13. The van der Waals surface area contributed by atoms with Crippen molar-refractivity contribution in [2.75, 3.05) is 31.1 Å². The third-order valence-electron chi connectivity index (χ3n) is 6.02. The van der Waals surface area contributed by atoms with Crippen LogP contribution in [0.1, 0.15) is 37.7 Å². The minimum Gasteiger partial charge on any atom is -0.367 e. The first-order valence-electron chi connectivity index (χ1n) is 10.7. The zero-order valence-electron chi connectivity index (χ0n) is 18.9. The van der Waals surface area contributed by atoms with Crippen molar-refractivity contribution < 1.29 is 4.79 Å². The molecule has 0 bridgehead atoms. The molecule has 0 aromatic carbocycles. The molecule has 1 aliphatic rings. The number of rotatable bonds is 3. The van der Waals surface area contributed by atoms with E-state index < -0.39 is 0 Å². The average molecular weight is 423 g/mol. The van der Waals surface area contributed by atoms with Crippen molar-refractivity contribution in [1.29, 1.82) is 0 Å². The van der Waals surface area contributed by atoms with E-state index in [9.17, 15) is 9.59 Å². The molecule has 3 aromatic heterocycles. The Labute approximate surface area is 182 Å². The molecule has 4 heterocycles. The summed E-state index contributed by atoms with van der Waals surface area (Å²) in [5.41, 5.74) is 4.27. The molecular formula is C23H30N6O2. The summed E-state index contributed by atoms with van der Waals surface area (Å²) in [4.78, 5) is 38.1. The van der Waals surface area contributed by atoms with Crippen LogP contribution in [-0.2, 0) is 16.8 Å². The minimum atomic E-state index is -0.150. The molecule has 1 saturated heterocycles. The van der Waals surface area contributed by atoms with Crippen molar-refractivity contribution in [3.8, 4) is 0 Å². The van der Waals surface area contributed by atoms with Gasteiger partial charge in [0.2, 0.25) is 5.91 Å². The van der Waals surface area contributed by atoms with Gasteiger partial charge in [-0.25, -0.2) is 9.97 Å². The summed E-state index contributed by atoms with van der Waals surface area (Å²) >= 11 is 0. The van der Waals surface area contributed by atoms with E-state index in [0.717, 1.165) is 30.1 Å². The number of amides is 1. The lowest BCUT2D eigenvalue weighted by molar-refractivity contribution is -0.132. The highest BCUT2D eigenvalue weighted by atomic mass is 16.2. The van der Waals surface area contributed by atoms with E-state index in [1.54, 1.807) is 13.8 Å². The van der Waals surface area contributed by atoms with Gasteiger partial charge in [-0.05, 0) is 26.0 Å². The summed E-state index contributed by atoms with van der Waals surface area (Å²) in [6.07, 6.45) is 5.66. The number of hydrogen-bond donors (Lipinski definition) is 0. The number of aromatic nitrogens is 4. The first kappa shape index (κ1) is 21.1. The van der Waals surface area contributed by atoms with E-state index >= 15 is 0 Å². The van der Waals surface area contributed by atoms with Crippen molar-refractivity contribution >= 4 is 17.2 Å². The van der Waals surface area contributed by atoms with Gasteiger partial charge in [-0.1, -0.05) is 20.8 Å². The van der Waals surface area contributed by atoms with E-state index in [0.29, 0.717) is 24.3 Å². The van der Waals surface area contributed by atoms with Crippen LogP contribution in [0.15, 0.2) is 35.6 Å². The lowest BCUT2D eigenvalue weighted by Gasteiger charge is -2.36. The van der Waals surface area contributed by atoms with Gasteiger partial charge in [-0.3, -0.25) is 14.2 Å². The van der Waals surface area contributed by atoms with Gasteiger partial charge in [0.25, 0.3) is 5.56 Å². The number of nitrogens with zero attached hydrogens (tertiary/aromatic N) is 6. The van der Waals surface area contributed by atoms with Gasteiger partial charge in [0.15, 0.2) is 0 Å². The van der Waals surface area contributed by atoms with Crippen LogP contribution < -0.4 is 10.5 Å². The first-order chi connectivity index (χ1) is 14.6. The van der Waals surface area contributed by atoms with Crippen LogP contribution in [0.3, 0.4) is 0 Å². The Morgan fingerprint density at radius 2 is 1.77 bits per heavy atom. The van der Waals surface area contributed by atoms with Crippen LogP contribution in [0.5, 0.6) is 0 Å². The molecule has 0 aliphatic carbocycles. The number of aryl methyl sites for hydroxylation is 1. The lowest BCUT2D eigenvalue weighted by atomic mass is 9.93. The third kappa shape index (κ3) is 4.19. The molecule has 0 radical (unpaired) electrons. The summed E-state index contributed by atoms with van der Waals surface area (Å²) in [6.45, 7) is 12.8. The number of hydrogen-bond acceptors (Lipinski definition) is 5. The molecular weight excluding hydrogens is 392 g/mol. The predicted octanol–water partition coefficient (Wildman–Crippen LogP) is 2.15. The number of pyridine rings is 1. The Kier molecular flexibility index (Phi) is 5.33. The molecule has 1 amide bonds. The molecule has 31 heavy (non-hydrogen) atoms. The van der Waals surface area contributed by atoms with Gasteiger partial charge in [0, 0.05) is 55.2 Å². The topological polar surface area (TPSA) is 75.7 Å². The van der Waals surface area contributed by atoms with Crippen LogP contribution in [0.2, 0.25) is 0 Å². The molecule has 4 rings (SSSR count). The maximum Gasteiger partial charge on any atom is 0.256 e. The third-order valence-corrected chi connectivity index (χ3v) is 6.02. The van der Waals surface area contributed by atoms with E-state index in [1.807, 2.05) is 11.0 Å². The van der Waals surface area contributed by atoms with Gasteiger partial charge < -0.3 is 14.2 Å². The number of carbonyl (C=O) groups is 1. The summed E-state index contributed by atoms with van der Waals surface area (Å²) in [5.74, 6) is -0.0494. The second-order valence-electron chi connectivity index (χ2n) is 9.28. The molecule has 8 heteroatoms. The fraction of sp³-hybridized carbons (Fsp3) is 0.478. The minimum absolute atomic E-state index is 0.00560. The number of piperazine rings is 1. The van der Waals surface area contributed by atoms with Gasteiger partial charge in [-0.2, -0.15) is 0 Å². The average Bonchev–Trinajstić information content (AvgIpc) is 3.18. The Hall–Kier alpha value is -3.16. The molecule has 164 valence electrons.